The zero-order valence-corrected chi connectivity index (χ0v) is 9.95. The number of hydrogen-bond acceptors (Lipinski definition) is 3. The number of carbonyl (C=O) groups excluding carboxylic acids is 1. The maximum Gasteiger partial charge on any atom is 0.156 e. The third-order valence-electron chi connectivity index (χ3n) is 2.82. The number of pyridine rings is 1. The Labute approximate surface area is 108 Å². The fourth-order valence-corrected chi connectivity index (χ4v) is 1.88. The molecule has 0 aliphatic carbocycles. The second kappa shape index (κ2) is 4.61. The molecule has 0 saturated heterocycles. The fourth-order valence-electron chi connectivity index (χ4n) is 1.88. The molecule has 5 heteroatoms. The first-order valence-corrected chi connectivity index (χ1v) is 5.79. The summed E-state index contributed by atoms with van der Waals surface area (Å²) in [6.07, 6.45) is 2.99. The molecular formula is C14H10FN3O. The molecule has 0 unspecified atom stereocenters. The Balaban J connectivity index is 1.92. The first kappa shape index (κ1) is 11.5. The number of fused-ring (bicyclic) bond motifs is 1. The van der Waals surface area contributed by atoms with Crippen LogP contribution in [0, 0.1) is 5.82 Å². The largest absolute Gasteiger partial charge is 0.298 e. The number of aromatic nitrogens is 3. The summed E-state index contributed by atoms with van der Waals surface area (Å²) >= 11 is 0. The van der Waals surface area contributed by atoms with Crippen LogP contribution >= 0.6 is 0 Å². The molecule has 0 bridgehead atoms. The summed E-state index contributed by atoms with van der Waals surface area (Å²) in [6, 6.07) is 9.59. The molecule has 0 radical (unpaired) electrons. The number of benzene rings is 1. The topological polar surface area (TPSA) is 47.3 Å². The van der Waals surface area contributed by atoms with Gasteiger partial charge in [0.05, 0.1) is 0 Å². The summed E-state index contributed by atoms with van der Waals surface area (Å²) in [6.45, 7) is 0. The molecule has 3 aromatic rings. The van der Waals surface area contributed by atoms with Crippen molar-refractivity contribution >= 4 is 11.9 Å². The highest BCUT2D eigenvalue weighted by atomic mass is 19.1. The zero-order chi connectivity index (χ0) is 13.2. The quantitative estimate of drug-likeness (QED) is 0.674. The molecule has 94 valence electrons. The summed E-state index contributed by atoms with van der Waals surface area (Å²) in [5.74, 6) is 0.372. The number of aldehydes is 1. The van der Waals surface area contributed by atoms with E-state index in [4.69, 9.17) is 0 Å². The summed E-state index contributed by atoms with van der Waals surface area (Å²) < 4.78 is 14.4. The van der Waals surface area contributed by atoms with Gasteiger partial charge >= 0.3 is 0 Å². The van der Waals surface area contributed by atoms with Crippen molar-refractivity contribution in [1.29, 1.82) is 0 Å². The molecule has 2 aromatic heterocycles. The Hall–Kier alpha value is -2.56. The Morgan fingerprint density at radius 3 is 2.74 bits per heavy atom. The molecule has 0 aliphatic rings. The van der Waals surface area contributed by atoms with E-state index in [0.29, 0.717) is 23.5 Å². The molecule has 0 fully saturated rings. The second-order valence-corrected chi connectivity index (χ2v) is 4.21. The van der Waals surface area contributed by atoms with Gasteiger partial charge in [0.1, 0.15) is 12.1 Å². The van der Waals surface area contributed by atoms with Crippen LogP contribution in [0.25, 0.3) is 5.65 Å². The molecule has 0 aliphatic heterocycles. The van der Waals surface area contributed by atoms with E-state index in [1.807, 2.05) is 0 Å². The average Bonchev–Trinajstić information content (AvgIpc) is 2.82. The average molecular weight is 255 g/mol. The molecule has 0 N–H and O–H groups in total. The lowest BCUT2D eigenvalue weighted by atomic mass is 10.1. The molecule has 2 heterocycles. The monoisotopic (exact) mass is 255 g/mol. The van der Waals surface area contributed by atoms with Crippen LogP contribution in [0.15, 0.2) is 42.6 Å². The lowest BCUT2D eigenvalue weighted by molar-refractivity contribution is 0.112. The van der Waals surface area contributed by atoms with E-state index in [9.17, 15) is 9.18 Å². The van der Waals surface area contributed by atoms with Gasteiger partial charge in [0, 0.05) is 18.2 Å². The smallest absolute Gasteiger partial charge is 0.156 e. The Morgan fingerprint density at radius 1 is 1.21 bits per heavy atom. The number of carbonyl (C=O) groups is 1. The van der Waals surface area contributed by atoms with Gasteiger partial charge in [-0.05, 0) is 29.8 Å². The van der Waals surface area contributed by atoms with Gasteiger partial charge in [0.15, 0.2) is 11.5 Å². The van der Waals surface area contributed by atoms with Gasteiger partial charge < -0.3 is 0 Å². The zero-order valence-electron chi connectivity index (χ0n) is 9.95. The SMILES string of the molecule is O=Cc1ccn2nc(Cc3ccc(F)cc3)nc2c1. The van der Waals surface area contributed by atoms with Crippen LogP contribution in [0.1, 0.15) is 21.7 Å². The van der Waals surface area contributed by atoms with Crippen molar-refractivity contribution < 1.29 is 9.18 Å². The molecule has 0 amide bonds. The lowest BCUT2D eigenvalue weighted by Crippen LogP contribution is -1.92. The lowest BCUT2D eigenvalue weighted by Gasteiger charge is -1.95. The minimum atomic E-state index is -0.262. The predicted octanol–water partition coefficient (Wildman–Crippen LogP) is 2.27. The van der Waals surface area contributed by atoms with Crippen molar-refractivity contribution in [3.05, 3.63) is 65.4 Å². The third kappa shape index (κ3) is 2.35. The maximum absolute atomic E-state index is 12.8. The summed E-state index contributed by atoms with van der Waals surface area (Å²) in [4.78, 5) is 15.0. The Morgan fingerprint density at radius 2 is 2.00 bits per heavy atom. The normalized spacial score (nSPS) is 10.8. The summed E-state index contributed by atoms with van der Waals surface area (Å²) in [7, 11) is 0. The van der Waals surface area contributed by atoms with E-state index in [1.54, 1.807) is 35.0 Å². The first-order chi connectivity index (χ1) is 9.24. The Kier molecular flexibility index (Phi) is 2.79. The fraction of sp³-hybridized carbons (Fsp3) is 0.0714. The van der Waals surface area contributed by atoms with Crippen molar-refractivity contribution in [2.75, 3.05) is 0 Å². The number of hydrogen-bond donors (Lipinski definition) is 0. The van der Waals surface area contributed by atoms with Gasteiger partial charge in [-0.1, -0.05) is 12.1 Å². The van der Waals surface area contributed by atoms with Crippen molar-refractivity contribution in [3.63, 3.8) is 0 Å². The van der Waals surface area contributed by atoms with E-state index >= 15 is 0 Å². The van der Waals surface area contributed by atoms with Crippen LogP contribution in [-0.4, -0.2) is 20.9 Å². The minimum absolute atomic E-state index is 0.262. The molecule has 4 nitrogen and oxygen atoms in total. The molecule has 0 spiro atoms. The maximum atomic E-state index is 12.8. The standard InChI is InChI=1S/C14H10FN3O/c15-12-3-1-10(2-4-12)7-13-16-14-8-11(9-19)5-6-18(14)17-13/h1-6,8-9H,7H2. The highest BCUT2D eigenvalue weighted by Crippen LogP contribution is 2.10. The predicted molar refractivity (Wildman–Crippen MR) is 67.6 cm³/mol. The van der Waals surface area contributed by atoms with Crippen molar-refractivity contribution in [3.8, 4) is 0 Å². The molecule has 1 aromatic carbocycles. The van der Waals surface area contributed by atoms with Crippen LogP contribution in [0.5, 0.6) is 0 Å². The summed E-state index contributed by atoms with van der Waals surface area (Å²) in [5.41, 5.74) is 2.13. The second-order valence-electron chi connectivity index (χ2n) is 4.21. The number of nitrogens with zero attached hydrogens (tertiary/aromatic N) is 3. The highest BCUT2D eigenvalue weighted by molar-refractivity contribution is 5.76. The summed E-state index contributed by atoms with van der Waals surface area (Å²) in [5, 5.41) is 4.30. The van der Waals surface area contributed by atoms with E-state index in [0.717, 1.165) is 11.8 Å². The van der Waals surface area contributed by atoms with Gasteiger partial charge in [0.25, 0.3) is 0 Å². The van der Waals surface area contributed by atoms with Crippen LogP contribution < -0.4 is 0 Å². The van der Waals surface area contributed by atoms with Crippen LogP contribution in [0.3, 0.4) is 0 Å². The van der Waals surface area contributed by atoms with Gasteiger partial charge in [0.2, 0.25) is 0 Å². The van der Waals surface area contributed by atoms with E-state index in [2.05, 4.69) is 10.1 Å². The van der Waals surface area contributed by atoms with Crippen LogP contribution in [-0.2, 0) is 6.42 Å². The molecule has 3 rings (SSSR count). The van der Waals surface area contributed by atoms with Gasteiger partial charge in [-0.25, -0.2) is 13.9 Å². The van der Waals surface area contributed by atoms with Crippen molar-refractivity contribution in [2.45, 2.75) is 6.42 Å². The number of halogens is 1. The first-order valence-electron chi connectivity index (χ1n) is 5.79. The van der Waals surface area contributed by atoms with E-state index in [-0.39, 0.29) is 5.82 Å². The van der Waals surface area contributed by atoms with Crippen molar-refractivity contribution in [1.82, 2.24) is 14.6 Å². The van der Waals surface area contributed by atoms with Crippen molar-refractivity contribution in [2.24, 2.45) is 0 Å². The van der Waals surface area contributed by atoms with Crippen LogP contribution in [0.4, 0.5) is 4.39 Å². The molecule has 19 heavy (non-hydrogen) atoms. The minimum Gasteiger partial charge on any atom is -0.298 e. The van der Waals surface area contributed by atoms with E-state index < -0.39 is 0 Å². The van der Waals surface area contributed by atoms with Gasteiger partial charge in [-0.15, -0.1) is 0 Å². The van der Waals surface area contributed by atoms with E-state index in [1.165, 1.54) is 12.1 Å². The number of rotatable bonds is 3. The molecule has 0 atom stereocenters. The van der Waals surface area contributed by atoms with Gasteiger partial charge in [-0.3, -0.25) is 4.79 Å². The highest BCUT2D eigenvalue weighted by Gasteiger charge is 2.05. The van der Waals surface area contributed by atoms with Gasteiger partial charge in [-0.2, -0.15) is 5.10 Å². The Bertz CT molecular complexity index is 734. The molecular weight excluding hydrogens is 245 g/mol. The molecule has 0 saturated carbocycles. The third-order valence-corrected chi connectivity index (χ3v) is 2.82. The van der Waals surface area contributed by atoms with Crippen LogP contribution in [0.2, 0.25) is 0 Å².